The summed E-state index contributed by atoms with van der Waals surface area (Å²) < 4.78 is 11.1. The number of amides is 1. The van der Waals surface area contributed by atoms with Crippen LogP contribution in [0.3, 0.4) is 0 Å². The molecular weight excluding hydrogens is 481 g/mol. The smallest absolute Gasteiger partial charge is 0.335 e. The molecule has 0 aliphatic rings. The van der Waals surface area contributed by atoms with Crippen LogP contribution in [0.25, 0.3) is 11.3 Å². The Labute approximate surface area is 204 Å². The number of aromatic carboxylic acids is 1. The van der Waals surface area contributed by atoms with Gasteiger partial charge in [0.1, 0.15) is 18.1 Å². The molecule has 0 aliphatic heterocycles. The fourth-order valence-corrected chi connectivity index (χ4v) is 3.74. The number of pyridine rings is 1. The Morgan fingerprint density at radius 3 is 2.44 bits per heavy atom. The number of carboxylic acid groups (broad SMARTS) is 1. The molecule has 2 aromatic carbocycles. The second kappa shape index (κ2) is 9.94. The van der Waals surface area contributed by atoms with Crippen molar-refractivity contribution in [3.8, 4) is 17.1 Å². The Bertz CT molecular complexity index is 1350. The molecule has 0 atom stereocenters. The molecule has 0 bridgehead atoms. The molecule has 0 aliphatic carbocycles. The summed E-state index contributed by atoms with van der Waals surface area (Å²) in [5, 5.41) is 16.7. The maximum absolute atomic E-state index is 12.4. The van der Waals surface area contributed by atoms with E-state index >= 15 is 0 Å². The molecule has 2 N–H and O–H groups in total. The fourth-order valence-electron chi connectivity index (χ4n) is 3.16. The number of aromatic nitrogens is 2. The van der Waals surface area contributed by atoms with Crippen molar-refractivity contribution in [1.29, 1.82) is 0 Å². The minimum atomic E-state index is -1.11. The molecule has 172 valence electrons. The number of nitrogens with one attached hydrogen (secondary N) is 1. The summed E-state index contributed by atoms with van der Waals surface area (Å²) in [5.41, 5.74) is 2.38. The number of hydrogen-bond donors (Lipinski definition) is 2. The number of ether oxygens (including phenoxy) is 1. The van der Waals surface area contributed by atoms with Gasteiger partial charge in [0.15, 0.2) is 0 Å². The third-order valence-corrected chi connectivity index (χ3v) is 5.54. The lowest BCUT2D eigenvalue weighted by Crippen LogP contribution is -2.13. The van der Waals surface area contributed by atoms with Crippen molar-refractivity contribution >= 4 is 40.8 Å². The van der Waals surface area contributed by atoms with Gasteiger partial charge in [0.25, 0.3) is 5.91 Å². The van der Waals surface area contributed by atoms with Crippen molar-refractivity contribution < 1.29 is 24.0 Å². The van der Waals surface area contributed by atoms with Crippen molar-refractivity contribution in [2.24, 2.45) is 0 Å². The monoisotopic (exact) mass is 497 g/mol. The van der Waals surface area contributed by atoms with Gasteiger partial charge in [-0.05, 0) is 43.3 Å². The Balaban J connectivity index is 1.45. The summed E-state index contributed by atoms with van der Waals surface area (Å²) in [4.78, 5) is 27.7. The van der Waals surface area contributed by atoms with Crippen LogP contribution in [0, 0.1) is 6.92 Å². The van der Waals surface area contributed by atoms with Gasteiger partial charge in [0, 0.05) is 17.2 Å². The van der Waals surface area contributed by atoms with Gasteiger partial charge in [-0.1, -0.05) is 40.5 Å². The second-order valence-corrected chi connectivity index (χ2v) is 7.99. The third kappa shape index (κ3) is 5.03. The van der Waals surface area contributed by atoms with Crippen LogP contribution < -0.4 is 10.1 Å². The molecule has 2 heterocycles. The number of carbonyl (C=O) groups excluding carboxylic acids is 1. The van der Waals surface area contributed by atoms with E-state index in [0.29, 0.717) is 44.2 Å². The van der Waals surface area contributed by atoms with Gasteiger partial charge in [-0.3, -0.25) is 4.79 Å². The molecular formula is C24H17Cl2N3O5. The van der Waals surface area contributed by atoms with E-state index in [4.69, 9.17) is 37.6 Å². The highest BCUT2D eigenvalue weighted by atomic mass is 35.5. The first-order valence-electron chi connectivity index (χ1n) is 9.96. The Morgan fingerprint density at radius 2 is 1.76 bits per heavy atom. The minimum Gasteiger partial charge on any atom is -0.478 e. The van der Waals surface area contributed by atoms with Crippen LogP contribution in [0.4, 0.5) is 5.69 Å². The normalized spacial score (nSPS) is 10.7. The Hall–Kier alpha value is -3.88. The van der Waals surface area contributed by atoms with E-state index in [0.717, 1.165) is 0 Å². The first-order chi connectivity index (χ1) is 16.3. The van der Waals surface area contributed by atoms with E-state index in [2.05, 4.69) is 15.5 Å². The molecule has 0 saturated heterocycles. The van der Waals surface area contributed by atoms with Crippen LogP contribution in [0.1, 0.15) is 32.0 Å². The molecule has 0 fully saturated rings. The van der Waals surface area contributed by atoms with E-state index in [-0.39, 0.29) is 17.7 Å². The second-order valence-electron chi connectivity index (χ2n) is 7.18. The number of halogens is 2. The quantitative estimate of drug-likeness (QED) is 0.327. The lowest BCUT2D eigenvalue weighted by Gasteiger charge is -2.09. The highest BCUT2D eigenvalue weighted by Gasteiger charge is 2.20. The average molecular weight is 498 g/mol. The molecule has 2 aromatic heterocycles. The predicted octanol–water partition coefficient (Wildman–Crippen LogP) is 5.88. The van der Waals surface area contributed by atoms with Gasteiger partial charge in [-0.25, -0.2) is 9.78 Å². The first kappa shape index (κ1) is 23.3. The summed E-state index contributed by atoms with van der Waals surface area (Å²) in [5.74, 6) is -0.707. The molecule has 4 rings (SSSR count). The highest BCUT2D eigenvalue weighted by molar-refractivity contribution is 6.39. The number of nitrogens with zero attached hydrogens (tertiary/aromatic N) is 2. The Morgan fingerprint density at radius 1 is 1.06 bits per heavy atom. The molecule has 0 saturated carbocycles. The zero-order valence-electron chi connectivity index (χ0n) is 17.7. The zero-order valence-corrected chi connectivity index (χ0v) is 19.2. The fraction of sp³-hybridized carbons (Fsp3) is 0.0833. The first-order valence-corrected chi connectivity index (χ1v) is 10.7. The van der Waals surface area contributed by atoms with Crippen LogP contribution in [-0.2, 0) is 6.61 Å². The number of carbonyl (C=O) groups is 2. The maximum atomic E-state index is 12.4. The lowest BCUT2D eigenvalue weighted by atomic mass is 10.1. The van der Waals surface area contributed by atoms with Crippen molar-refractivity contribution in [2.75, 3.05) is 5.32 Å². The van der Waals surface area contributed by atoms with Crippen LogP contribution in [0.2, 0.25) is 10.0 Å². The summed E-state index contributed by atoms with van der Waals surface area (Å²) in [7, 11) is 0. The lowest BCUT2D eigenvalue weighted by molar-refractivity contribution is 0.0697. The zero-order chi connectivity index (χ0) is 24.2. The van der Waals surface area contributed by atoms with E-state index in [9.17, 15) is 9.59 Å². The van der Waals surface area contributed by atoms with Crippen LogP contribution in [-0.4, -0.2) is 27.1 Å². The summed E-state index contributed by atoms with van der Waals surface area (Å²) in [6, 6.07) is 14.1. The number of aryl methyl sites for hydroxylation is 1. The number of carboxylic acids is 1. The third-order valence-electron chi connectivity index (χ3n) is 4.91. The largest absolute Gasteiger partial charge is 0.478 e. The molecule has 0 unspecified atom stereocenters. The SMILES string of the molecule is Cc1onc(-c2c(Cl)cccc2Cl)c1COc1ccc(NC(=O)c2cccc(C(=O)O)c2)cn1. The molecule has 0 radical (unpaired) electrons. The van der Waals surface area contributed by atoms with Crippen LogP contribution in [0.5, 0.6) is 5.88 Å². The molecule has 8 nitrogen and oxygen atoms in total. The maximum Gasteiger partial charge on any atom is 0.335 e. The average Bonchev–Trinajstić information content (AvgIpc) is 3.18. The summed E-state index contributed by atoms with van der Waals surface area (Å²) >= 11 is 12.6. The summed E-state index contributed by atoms with van der Waals surface area (Å²) in [6.07, 6.45) is 1.43. The number of anilines is 1. The molecule has 10 heteroatoms. The van der Waals surface area contributed by atoms with Crippen LogP contribution in [0.15, 0.2) is 65.3 Å². The molecule has 34 heavy (non-hydrogen) atoms. The highest BCUT2D eigenvalue weighted by Crippen LogP contribution is 2.37. The topological polar surface area (TPSA) is 115 Å². The molecule has 4 aromatic rings. The van der Waals surface area contributed by atoms with E-state index in [1.54, 1.807) is 37.3 Å². The van der Waals surface area contributed by atoms with Crippen molar-refractivity contribution in [2.45, 2.75) is 13.5 Å². The minimum absolute atomic E-state index is 0.0241. The van der Waals surface area contributed by atoms with Crippen LogP contribution >= 0.6 is 23.2 Å². The van der Waals surface area contributed by atoms with Crippen molar-refractivity contribution in [1.82, 2.24) is 10.1 Å². The van der Waals surface area contributed by atoms with Gasteiger partial charge >= 0.3 is 5.97 Å². The van der Waals surface area contributed by atoms with Gasteiger partial charge in [-0.2, -0.15) is 0 Å². The number of hydrogen-bond acceptors (Lipinski definition) is 6. The molecule has 0 spiro atoms. The van der Waals surface area contributed by atoms with E-state index in [1.165, 1.54) is 30.5 Å². The van der Waals surface area contributed by atoms with E-state index < -0.39 is 11.9 Å². The van der Waals surface area contributed by atoms with Gasteiger partial charge < -0.3 is 19.7 Å². The van der Waals surface area contributed by atoms with Gasteiger partial charge in [-0.15, -0.1) is 0 Å². The predicted molar refractivity (Wildman–Crippen MR) is 127 cm³/mol. The van der Waals surface area contributed by atoms with Crippen molar-refractivity contribution in [3.05, 3.63) is 93.3 Å². The van der Waals surface area contributed by atoms with Gasteiger partial charge in [0.2, 0.25) is 5.88 Å². The summed E-state index contributed by atoms with van der Waals surface area (Å²) in [6.45, 7) is 1.86. The standard InChI is InChI=1S/C24H17Cl2N3O5/c1-13-17(22(29-34-13)21-18(25)6-3-7-19(21)26)12-33-20-9-8-16(11-27-20)28-23(30)14-4-2-5-15(10-14)24(31)32/h2-11H,12H2,1H3,(H,28,30)(H,31,32). The molecule has 1 amide bonds. The number of rotatable bonds is 7. The van der Waals surface area contributed by atoms with Gasteiger partial charge in [0.05, 0.1) is 33.1 Å². The number of benzene rings is 2. The van der Waals surface area contributed by atoms with Crippen molar-refractivity contribution in [3.63, 3.8) is 0 Å². The Kier molecular flexibility index (Phi) is 6.81. The van der Waals surface area contributed by atoms with E-state index in [1.807, 2.05) is 0 Å².